The first-order valence-corrected chi connectivity index (χ1v) is 7.40. The average molecular weight is 295 g/mol. The lowest BCUT2D eigenvalue weighted by Crippen LogP contribution is -2.35. The highest BCUT2D eigenvalue weighted by Gasteiger charge is 2.18. The molecule has 0 aliphatic carbocycles. The van der Waals surface area contributed by atoms with Crippen LogP contribution in [0.1, 0.15) is 61.4 Å². The first-order valence-electron chi connectivity index (χ1n) is 7.40. The lowest BCUT2D eigenvalue weighted by molar-refractivity contribution is 0.0940. The smallest absolute Gasteiger partial charge is 0.264 e. The summed E-state index contributed by atoms with van der Waals surface area (Å²) in [5.41, 5.74) is 0.104. The maximum absolute atomic E-state index is 12.2. The molecule has 1 aromatic heterocycles. The minimum Gasteiger partial charge on any atom is -0.396 e. The van der Waals surface area contributed by atoms with Gasteiger partial charge in [-0.1, -0.05) is 27.2 Å². The third-order valence-corrected chi connectivity index (χ3v) is 3.56. The van der Waals surface area contributed by atoms with Crippen LogP contribution < -0.4 is 10.9 Å². The molecule has 1 aromatic rings. The molecule has 0 aromatic carbocycles. The number of amides is 1. The minimum atomic E-state index is -0.409. The van der Waals surface area contributed by atoms with Gasteiger partial charge in [0, 0.05) is 19.1 Å². The molecule has 6 nitrogen and oxygen atoms in total. The predicted molar refractivity (Wildman–Crippen MR) is 81.5 cm³/mol. The molecule has 0 aliphatic rings. The van der Waals surface area contributed by atoms with Crippen LogP contribution in [0, 0.1) is 12.8 Å². The summed E-state index contributed by atoms with van der Waals surface area (Å²) in [6, 6.07) is 0. The molecule has 3 N–H and O–H groups in total. The van der Waals surface area contributed by atoms with Gasteiger partial charge in [0.15, 0.2) is 0 Å². The van der Waals surface area contributed by atoms with Crippen molar-refractivity contribution in [3.63, 3.8) is 0 Å². The number of hydrogen-bond donors (Lipinski definition) is 3. The van der Waals surface area contributed by atoms with E-state index < -0.39 is 11.5 Å². The molecule has 0 bridgehead atoms. The Morgan fingerprint density at radius 2 is 2.10 bits per heavy atom. The zero-order valence-corrected chi connectivity index (χ0v) is 13.2. The van der Waals surface area contributed by atoms with E-state index in [1.807, 2.05) is 20.8 Å². The quantitative estimate of drug-likeness (QED) is 0.707. The molecular formula is C15H25N3O3. The van der Waals surface area contributed by atoms with E-state index in [1.54, 1.807) is 6.92 Å². The lowest BCUT2D eigenvalue weighted by atomic mass is 10.0. The largest absolute Gasteiger partial charge is 0.396 e. The zero-order valence-electron chi connectivity index (χ0n) is 13.2. The van der Waals surface area contributed by atoms with E-state index in [-0.39, 0.29) is 24.0 Å². The fraction of sp³-hybridized carbons (Fsp3) is 0.667. The number of H-pyrrole nitrogens is 1. The second-order valence-corrected chi connectivity index (χ2v) is 5.56. The highest BCUT2D eigenvalue weighted by Crippen LogP contribution is 2.09. The fourth-order valence-electron chi connectivity index (χ4n) is 2.11. The molecule has 1 amide bonds. The van der Waals surface area contributed by atoms with E-state index in [4.69, 9.17) is 5.11 Å². The van der Waals surface area contributed by atoms with Crippen LogP contribution in [-0.4, -0.2) is 34.1 Å². The van der Waals surface area contributed by atoms with Crippen LogP contribution in [0.3, 0.4) is 0 Å². The Bertz CT molecular complexity index is 537. The molecule has 1 heterocycles. The Balaban J connectivity index is 2.86. The van der Waals surface area contributed by atoms with E-state index in [9.17, 15) is 9.59 Å². The van der Waals surface area contributed by atoms with E-state index in [1.165, 1.54) is 0 Å². The van der Waals surface area contributed by atoms with Crippen LogP contribution in [-0.2, 0) is 0 Å². The Morgan fingerprint density at radius 1 is 1.43 bits per heavy atom. The van der Waals surface area contributed by atoms with Gasteiger partial charge in [-0.15, -0.1) is 0 Å². The number of hydrogen-bond acceptors (Lipinski definition) is 4. The van der Waals surface area contributed by atoms with Crippen molar-refractivity contribution in [2.45, 2.75) is 46.5 Å². The van der Waals surface area contributed by atoms with Gasteiger partial charge >= 0.3 is 0 Å². The predicted octanol–water partition coefficient (Wildman–Crippen LogP) is 1.34. The van der Waals surface area contributed by atoms with Gasteiger partial charge in [-0.05, 0) is 19.3 Å². The van der Waals surface area contributed by atoms with E-state index >= 15 is 0 Å². The summed E-state index contributed by atoms with van der Waals surface area (Å²) in [5.74, 6) is 0.484. The number of nitrogens with one attached hydrogen (secondary N) is 2. The molecule has 0 radical (unpaired) electrons. The SMILES string of the molecule is CCC(CCO)CNC(=O)c1c(C)nc(C(C)C)[nH]c1=O. The van der Waals surface area contributed by atoms with Crippen molar-refractivity contribution in [1.29, 1.82) is 0 Å². The molecular weight excluding hydrogens is 270 g/mol. The van der Waals surface area contributed by atoms with Gasteiger partial charge in [-0.2, -0.15) is 0 Å². The number of nitrogens with zero attached hydrogens (tertiary/aromatic N) is 1. The van der Waals surface area contributed by atoms with Crippen LogP contribution in [0.15, 0.2) is 4.79 Å². The summed E-state index contributed by atoms with van der Waals surface area (Å²) in [6.07, 6.45) is 1.50. The molecule has 0 fully saturated rings. The number of carbonyl (C=O) groups is 1. The van der Waals surface area contributed by atoms with Gasteiger partial charge < -0.3 is 15.4 Å². The average Bonchev–Trinajstić information content (AvgIpc) is 2.42. The van der Waals surface area contributed by atoms with Crippen molar-refractivity contribution in [2.24, 2.45) is 5.92 Å². The monoisotopic (exact) mass is 295 g/mol. The summed E-state index contributed by atoms with van der Waals surface area (Å²) in [4.78, 5) is 31.1. The van der Waals surface area contributed by atoms with Crippen molar-refractivity contribution in [2.75, 3.05) is 13.2 Å². The molecule has 0 spiro atoms. The van der Waals surface area contributed by atoms with Crippen molar-refractivity contribution in [3.8, 4) is 0 Å². The molecule has 0 saturated carbocycles. The highest BCUT2D eigenvalue weighted by molar-refractivity contribution is 5.94. The Morgan fingerprint density at radius 3 is 2.57 bits per heavy atom. The number of aryl methyl sites for hydroxylation is 1. The number of rotatable bonds is 7. The van der Waals surface area contributed by atoms with Crippen LogP contribution >= 0.6 is 0 Å². The molecule has 21 heavy (non-hydrogen) atoms. The molecule has 0 saturated heterocycles. The second-order valence-electron chi connectivity index (χ2n) is 5.56. The van der Waals surface area contributed by atoms with Crippen LogP contribution in [0.4, 0.5) is 0 Å². The fourth-order valence-corrected chi connectivity index (χ4v) is 2.11. The van der Waals surface area contributed by atoms with Crippen LogP contribution in [0.5, 0.6) is 0 Å². The number of carbonyl (C=O) groups excluding carboxylic acids is 1. The van der Waals surface area contributed by atoms with Gasteiger partial charge in [-0.25, -0.2) is 4.98 Å². The third kappa shape index (κ3) is 4.67. The summed E-state index contributed by atoms with van der Waals surface area (Å²) in [6.45, 7) is 8.07. The standard InChI is InChI=1S/C15H25N3O3/c1-5-11(6-7-19)8-16-14(20)12-10(4)17-13(9(2)3)18-15(12)21/h9,11,19H,5-8H2,1-4H3,(H,16,20)(H,17,18,21). The van der Waals surface area contributed by atoms with E-state index in [0.717, 1.165) is 6.42 Å². The molecule has 1 unspecified atom stereocenters. The Kier molecular flexibility index (Phi) is 6.55. The summed E-state index contributed by atoms with van der Waals surface area (Å²) in [5, 5.41) is 11.7. The molecule has 0 aliphatic heterocycles. The highest BCUT2D eigenvalue weighted by atomic mass is 16.3. The minimum absolute atomic E-state index is 0.0678. The van der Waals surface area contributed by atoms with Crippen LogP contribution in [0.2, 0.25) is 0 Å². The number of aliphatic hydroxyl groups is 1. The Labute approximate surface area is 125 Å². The van der Waals surface area contributed by atoms with Gasteiger partial charge in [-0.3, -0.25) is 9.59 Å². The number of aliphatic hydroxyl groups excluding tert-OH is 1. The third-order valence-electron chi connectivity index (χ3n) is 3.56. The van der Waals surface area contributed by atoms with E-state index in [0.29, 0.717) is 24.5 Å². The van der Waals surface area contributed by atoms with Crippen molar-refractivity contribution in [1.82, 2.24) is 15.3 Å². The molecule has 118 valence electrons. The van der Waals surface area contributed by atoms with Gasteiger partial charge in [0.25, 0.3) is 11.5 Å². The summed E-state index contributed by atoms with van der Waals surface area (Å²) >= 11 is 0. The Hall–Kier alpha value is -1.69. The number of aromatic amines is 1. The maximum atomic E-state index is 12.2. The molecule has 1 rings (SSSR count). The lowest BCUT2D eigenvalue weighted by Gasteiger charge is -2.15. The number of aromatic nitrogens is 2. The maximum Gasteiger partial charge on any atom is 0.264 e. The second kappa shape index (κ2) is 7.93. The molecule has 6 heteroatoms. The van der Waals surface area contributed by atoms with Gasteiger partial charge in [0.1, 0.15) is 11.4 Å². The summed E-state index contributed by atoms with van der Waals surface area (Å²) < 4.78 is 0. The topological polar surface area (TPSA) is 95.1 Å². The van der Waals surface area contributed by atoms with Gasteiger partial charge in [0.2, 0.25) is 0 Å². The zero-order chi connectivity index (χ0) is 16.0. The first kappa shape index (κ1) is 17.4. The van der Waals surface area contributed by atoms with Crippen molar-refractivity contribution in [3.05, 3.63) is 27.4 Å². The van der Waals surface area contributed by atoms with Gasteiger partial charge in [0.05, 0.1) is 5.69 Å². The van der Waals surface area contributed by atoms with Crippen molar-refractivity contribution >= 4 is 5.91 Å². The normalized spacial score (nSPS) is 12.5. The van der Waals surface area contributed by atoms with Crippen molar-refractivity contribution < 1.29 is 9.90 Å². The molecule has 1 atom stereocenters. The summed E-state index contributed by atoms with van der Waals surface area (Å²) in [7, 11) is 0. The first-order chi connectivity index (χ1) is 9.90. The van der Waals surface area contributed by atoms with Crippen LogP contribution in [0.25, 0.3) is 0 Å². The van der Waals surface area contributed by atoms with E-state index in [2.05, 4.69) is 15.3 Å².